The number of nitrogens with zero attached hydrogens (tertiary/aromatic N) is 1. The summed E-state index contributed by atoms with van der Waals surface area (Å²) >= 11 is 0. The lowest BCUT2D eigenvalue weighted by molar-refractivity contribution is 0.0944. The van der Waals surface area contributed by atoms with E-state index in [2.05, 4.69) is 10.3 Å². The van der Waals surface area contributed by atoms with Crippen LogP contribution in [0.1, 0.15) is 15.9 Å². The Bertz CT molecular complexity index is 585. The second-order valence-corrected chi connectivity index (χ2v) is 4.24. The van der Waals surface area contributed by atoms with Gasteiger partial charge < -0.3 is 15.2 Å². The van der Waals surface area contributed by atoms with E-state index in [1.54, 1.807) is 36.7 Å². The van der Waals surface area contributed by atoms with Gasteiger partial charge in [0, 0.05) is 24.5 Å². The number of aliphatic hydroxyl groups is 1. The highest BCUT2D eigenvalue weighted by molar-refractivity contribution is 5.94. The first-order valence-electron chi connectivity index (χ1n) is 6.28. The van der Waals surface area contributed by atoms with E-state index < -0.39 is 0 Å². The third kappa shape index (κ3) is 3.55. The topological polar surface area (TPSA) is 71.5 Å². The minimum atomic E-state index is -0.237. The number of amides is 1. The molecule has 2 rings (SSSR count). The van der Waals surface area contributed by atoms with Gasteiger partial charge in [-0.1, -0.05) is 6.07 Å². The second kappa shape index (κ2) is 6.68. The summed E-state index contributed by atoms with van der Waals surface area (Å²) in [5.41, 5.74) is 1.42. The molecule has 0 spiro atoms. The third-order valence-corrected chi connectivity index (χ3v) is 2.73. The predicted molar refractivity (Wildman–Crippen MR) is 74.9 cm³/mol. The lowest BCUT2D eigenvalue weighted by Crippen LogP contribution is -2.26. The van der Waals surface area contributed by atoms with Gasteiger partial charge in [-0.05, 0) is 36.8 Å². The Morgan fingerprint density at radius 3 is 2.75 bits per heavy atom. The number of aliphatic hydroxyl groups excluding tert-OH is 1. The minimum Gasteiger partial charge on any atom is -0.457 e. The molecule has 20 heavy (non-hydrogen) atoms. The molecule has 1 heterocycles. The van der Waals surface area contributed by atoms with Crippen molar-refractivity contribution in [2.45, 2.75) is 6.92 Å². The molecule has 0 atom stereocenters. The standard InChI is InChI=1S/C15H16N2O3/c1-11-2-3-12(15(19)17-8-9-18)10-14(11)20-13-4-6-16-7-5-13/h2-7,10,18H,8-9H2,1H3,(H,17,19). The number of ether oxygens (including phenoxy) is 1. The molecule has 104 valence electrons. The molecule has 5 nitrogen and oxygen atoms in total. The Hall–Kier alpha value is -2.40. The summed E-state index contributed by atoms with van der Waals surface area (Å²) < 4.78 is 5.74. The second-order valence-electron chi connectivity index (χ2n) is 4.24. The molecule has 0 fully saturated rings. The summed E-state index contributed by atoms with van der Waals surface area (Å²) in [7, 11) is 0. The van der Waals surface area contributed by atoms with Gasteiger partial charge in [0.15, 0.2) is 0 Å². The Balaban J connectivity index is 2.18. The summed E-state index contributed by atoms with van der Waals surface area (Å²) in [6.45, 7) is 2.05. The van der Waals surface area contributed by atoms with Crippen molar-refractivity contribution < 1.29 is 14.6 Å². The van der Waals surface area contributed by atoms with E-state index in [1.165, 1.54) is 0 Å². The Morgan fingerprint density at radius 1 is 1.30 bits per heavy atom. The van der Waals surface area contributed by atoms with Crippen molar-refractivity contribution in [1.82, 2.24) is 10.3 Å². The van der Waals surface area contributed by atoms with Crippen molar-refractivity contribution in [3.8, 4) is 11.5 Å². The molecule has 1 aromatic heterocycles. The van der Waals surface area contributed by atoms with Crippen molar-refractivity contribution in [2.24, 2.45) is 0 Å². The average Bonchev–Trinajstić information content (AvgIpc) is 2.48. The van der Waals surface area contributed by atoms with Gasteiger partial charge >= 0.3 is 0 Å². The van der Waals surface area contributed by atoms with Crippen LogP contribution in [0.2, 0.25) is 0 Å². The number of carbonyl (C=O) groups excluding carboxylic acids is 1. The van der Waals surface area contributed by atoms with Crippen LogP contribution in [-0.2, 0) is 0 Å². The number of nitrogens with one attached hydrogen (secondary N) is 1. The van der Waals surface area contributed by atoms with Crippen LogP contribution in [0, 0.1) is 6.92 Å². The highest BCUT2D eigenvalue weighted by Crippen LogP contribution is 2.25. The molecule has 2 aromatic rings. The fourth-order valence-corrected chi connectivity index (χ4v) is 1.66. The number of hydrogen-bond donors (Lipinski definition) is 2. The van der Waals surface area contributed by atoms with E-state index in [0.29, 0.717) is 17.1 Å². The molecule has 0 aliphatic carbocycles. The van der Waals surface area contributed by atoms with Gasteiger partial charge in [-0.2, -0.15) is 0 Å². The zero-order chi connectivity index (χ0) is 14.4. The first kappa shape index (κ1) is 14.0. The van der Waals surface area contributed by atoms with E-state index in [1.807, 2.05) is 13.0 Å². The quantitative estimate of drug-likeness (QED) is 0.872. The largest absolute Gasteiger partial charge is 0.457 e. The van der Waals surface area contributed by atoms with E-state index in [-0.39, 0.29) is 19.1 Å². The predicted octanol–water partition coefficient (Wildman–Crippen LogP) is 1.90. The SMILES string of the molecule is Cc1ccc(C(=O)NCCO)cc1Oc1ccncc1. The molecule has 0 aliphatic heterocycles. The summed E-state index contributed by atoms with van der Waals surface area (Å²) in [4.78, 5) is 15.8. The molecule has 0 radical (unpaired) electrons. The molecule has 2 N–H and O–H groups in total. The van der Waals surface area contributed by atoms with Crippen molar-refractivity contribution in [2.75, 3.05) is 13.2 Å². The molecule has 1 amide bonds. The van der Waals surface area contributed by atoms with Gasteiger partial charge in [0.1, 0.15) is 11.5 Å². The summed E-state index contributed by atoms with van der Waals surface area (Å²) in [5, 5.41) is 11.3. The third-order valence-electron chi connectivity index (χ3n) is 2.73. The molecule has 0 aliphatic rings. The van der Waals surface area contributed by atoms with Crippen molar-refractivity contribution >= 4 is 5.91 Å². The van der Waals surface area contributed by atoms with Crippen molar-refractivity contribution in [1.29, 1.82) is 0 Å². The average molecular weight is 272 g/mol. The van der Waals surface area contributed by atoms with Crippen LogP contribution in [0.4, 0.5) is 0 Å². The zero-order valence-electron chi connectivity index (χ0n) is 11.2. The fraction of sp³-hybridized carbons (Fsp3) is 0.200. The van der Waals surface area contributed by atoms with Crippen LogP contribution in [0.15, 0.2) is 42.7 Å². The summed E-state index contributed by atoms with van der Waals surface area (Å²) in [5.74, 6) is 1.04. The van der Waals surface area contributed by atoms with E-state index in [4.69, 9.17) is 9.84 Å². The molecule has 0 saturated carbocycles. The van der Waals surface area contributed by atoms with Crippen LogP contribution in [0.5, 0.6) is 11.5 Å². The molecule has 0 saturated heterocycles. The van der Waals surface area contributed by atoms with Gasteiger partial charge in [0.25, 0.3) is 5.91 Å². The summed E-state index contributed by atoms with van der Waals surface area (Å²) in [6, 6.07) is 8.73. The molecule has 1 aromatic carbocycles. The molecule has 0 bridgehead atoms. The Morgan fingerprint density at radius 2 is 2.05 bits per heavy atom. The Kier molecular flexibility index (Phi) is 4.68. The lowest BCUT2D eigenvalue weighted by Gasteiger charge is -2.10. The molecular formula is C15H16N2O3. The maximum atomic E-state index is 11.8. The van der Waals surface area contributed by atoms with Gasteiger partial charge in [0.05, 0.1) is 6.61 Å². The van der Waals surface area contributed by atoms with Gasteiger partial charge in [-0.3, -0.25) is 9.78 Å². The number of pyridine rings is 1. The van der Waals surface area contributed by atoms with Crippen LogP contribution in [-0.4, -0.2) is 29.1 Å². The Labute approximate surface area is 117 Å². The normalized spacial score (nSPS) is 10.1. The maximum Gasteiger partial charge on any atom is 0.251 e. The minimum absolute atomic E-state index is 0.0853. The van der Waals surface area contributed by atoms with Crippen molar-refractivity contribution in [3.63, 3.8) is 0 Å². The van der Waals surface area contributed by atoms with Crippen LogP contribution >= 0.6 is 0 Å². The van der Waals surface area contributed by atoms with Gasteiger partial charge in [0.2, 0.25) is 0 Å². The molecule has 0 unspecified atom stereocenters. The summed E-state index contributed by atoms with van der Waals surface area (Å²) in [6.07, 6.45) is 3.28. The zero-order valence-corrected chi connectivity index (χ0v) is 11.2. The lowest BCUT2D eigenvalue weighted by atomic mass is 10.1. The van der Waals surface area contributed by atoms with Gasteiger partial charge in [-0.25, -0.2) is 0 Å². The number of carbonyl (C=O) groups is 1. The van der Waals surface area contributed by atoms with Crippen LogP contribution in [0.3, 0.4) is 0 Å². The van der Waals surface area contributed by atoms with Crippen LogP contribution < -0.4 is 10.1 Å². The number of hydrogen-bond acceptors (Lipinski definition) is 4. The van der Waals surface area contributed by atoms with Crippen molar-refractivity contribution in [3.05, 3.63) is 53.9 Å². The number of aryl methyl sites for hydroxylation is 1. The van der Waals surface area contributed by atoms with E-state index >= 15 is 0 Å². The highest BCUT2D eigenvalue weighted by Gasteiger charge is 2.09. The first-order valence-corrected chi connectivity index (χ1v) is 6.28. The van der Waals surface area contributed by atoms with E-state index in [9.17, 15) is 4.79 Å². The first-order chi connectivity index (χ1) is 9.70. The number of rotatable bonds is 5. The molecule has 5 heteroatoms. The number of aromatic nitrogens is 1. The molecular weight excluding hydrogens is 256 g/mol. The highest BCUT2D eigenvalue weighted by atomic mass is 16.5. The van der Waals surface area contributed by atoms with E-state index in [0.717, 1.165) is 5.56 Å². The maximum absolute atomic E-state index is 11.8. The monoisotopic (exact) mass is 272 g/mol. The fourth-order valence-electron chi connectivity index (χ4n) is 1.66. The number of benzene rings is 1. The smallest absolute Gasteiger partial charge is 0.251 e. The van der Waals surface area contributed by atoms with Crippen LogP contribution in [0.25, 0.3) is 0 Å². The van der Waals surface area contributed by atoms with Gasteiger partial charge in [-0.15, -0.1) is 0 Å².